The molecule has 0 saturated carbocycles. The molecule has 6 heteroatoms. The van der Waals surface area contributed by atoms with Crippen molar-refractivity contribution in [2.75, 3.05) is 22.9 Å². The first-order valence-electron chi connectivity index (χ1n) is 14.9. The average molecular weight is 583 g/mol. The molecule has 2 aromatic carbocycles. The Hall–Kier alpha value is -3.02. The van der Waals surface area contributed by atoms with Crippen molar-refractivity contribution in [3.63, 3.8) is 0 Å². The minimum atomic E-state index is -4.85. The van der Waals surface area contributed by atoms with E-state index in [1.807, 2.05) is 24.3 Å². The fraction of sp³-hybridized carbons (Fsp3) is 0.528. The molecule has 0 unspecified atom stereocenters. The molecular formula is C36H49F3N2O. The van der Waals surface area contributed by atoms with Crippen LogP contribution in [-0.4, -0.2) is 25.0 Å². The molecule has 0 spiro atoms. The summed E-state index contributed by atoms with van der Waals surface area (Å²) in [5.41, 5.74) is 4.28. The van der Waals surface area contributed by atoms with Crippen LogP contribution in [0.3, 0.4) is 0 Å². The second kappa shape index (κ2) is 11.9. The maximum absolute atomic E-state index is 12.9. The van der Waals surface area contributed by atoms with E-state index in [-0.39, 0.29) is 16.4 Å². The van der Waals surface area contributed by atoms with Crippen LogP contribution in [0.1, 0.15) is 93.2 Å². The van der Waals surface area contributed by atoms with E-state index in [2.05, 4.69) is 96.8 Å². The zero-order chi connectivity index (χ0) is 31.7. The van der Waals surface area contributed by atoms with E-state index in [9.17, 15) is 18.0 Å². The summed E-state index contributed by atoms with van der Waals surface area (Å²) in [5.74, 6) is -1.75. The maximum atomic E-state index is 12.9. The molecule has 2 aromatic rings. The number of benzene rings is 2. The molecule has 2 aliphatic rings. The van der Waals surface area contributed by atoms with E-state index in [1.165, 1.54) is 23.9 Å². The van der Waals surface area contributed by atoms with Crippen LogP contribution < -0.4 is 9.80 Å². The van der Waals surface area contributed by atoms with Crippen molar-refractivity contribution in [3.05, 3.63) is 83.7 Å². The van der Waals surface area contributed by atoms with Gasteiger partial charge in [-0.25, -0.2) is 0 Å². The Balaban J connectivity index is 0.000000240. The molecule has 0 bridgehead atoms. The van der Waals surface area contributed by atoms with Gasteiger partial charge in [0.2, 0.25) is 0 Å². The number of Topliss-reactive ketones (excluding diaryl/α,β-unsaturated/α-hetero) is 1. The number of nitrogens with zero attached hydrogens (tertiary/aromatic N) is 2. The van der Waals surface area contributed by atoms with Gasteiger partial charge in [-0.2, -0.15) is 13.2 Å². The van der Waals surface area contributed by atoms with Crippen molar-refractivity contribution in [3.8, 4) is 0 Å². The van der Waals surface area contributed by atoms with Gasteiger partial charge in [-0.1, -0.05) is 99.6 Å². The van der Waals surface area contributed by atoms with E-state index < -0.39 is 17.4 Å². The highest BCUT2D eigenvalue weighted by Gasteiger charge is 2.46. The molecule has 2 heterocycles. The van der Waals surface area contributed by atoms with Crippen molar-refractivity contribution < 1.29 is 18.0 Å². The summed E-state index contributed by atoms with van der Waals surface area (Å²) >= 11 is 0. The van der Waals surface area contributed by atoms with Gasteiger partial charge < -0.3 is 9.80 Å². The Kier molecular flexibility index (Phi) is 9.51. The van der Waals surface area contributed by atoms with Crippen molar-refractivity contribution in [1.82, 2.24) is 0 Å². The van der Waals surface area contributed by atoms with Gasteiger partial charge in [-0.3, -0.25) is 4.79 Å². The topological polar surface area (TPSA) is 23.6 Å². The second-order valence-electron chi connectivity index (χ2n) is 15.0. The molecule has 0 amide bonds. The third-order valence-electron chi connectivity index (χ3n) is 8.33. The quantitative estimate of drug-likeness (QED) is 0.360. The zero-order valence-electron chi connectivity index (χ0n) is 27.1. The Morgan fingerprint density at radius 2 is 1.12 bits per heavy atom. The number of carbonyl (C=O) groups excluding carboxylic acids is 1. The van der Waals surface area contributed by atoms with Crippen molar-refractivity contribution in [2.24, 2.45) is 10.8 Å². The van der Waals surface area contributed by atoms with Crippen LogP contribution in [0, 0.1) is 10.8 Å². The van der Waals surface area contributed by atoms with Crippen molar-refractivity contribution in [2.45, 2.75) is 99.1 Å². The van der Waals surface area contributed by atoms with Crippen LogP contribution in [-0.2, 0) is 15.6 Å². The lowest BCUT2D eigenvalue weighted by molar-refractivity contribution is -0.167. The minimum absolute atomic E-state index is 0.00959. The molecule has 0 saturated heterocycles. The zero-order valence-corrected chi connectivity index (χ0v) is 27.1. The van der Waals surface area contributed by atoms with E-state index in [0.29, 0.717) is 18.4 Å². The molecule has 4 rings (SSSR count). The largest absolute Gasteiger partial charge is 0.454 e. The first-order valence-corrected chi connectivity index (χ1v) is 14.9. The predicted molar refractivity (Wildman–Crippen MR) is 170 cm³/mol. The summed E-state index contributed by atoms with van der Waals surface area (Å²) in [7, 11) is 0. The Morgan fingerprint density at radius 1 is 0.690 bits per heavy atom. The first-order chi connectivity index (χ1) is 19.1. The van der Waals surface area contributed by atoms with E-state index in [4.69, 9.17) is 0 Å². The van der Waals surface area contributed by atoms with Gasteiger partial charge in [0.1, 0.15) is 0 Å². The van der Waals surface area contributed by atoms with Crippen LogP contribution in [0.15, 0.2) is 72.6 Å². The SMILES string of the molecule is CC1(C)C=CN(c2ccc(C(C)(C)C)cc2)CC1.CC1(C)CCN(c2ccc(C(C)(C)C)cc2)C=C1C(=O)C(F)(F)F. The molecule has 0 fully saturated rings. The number of rotatable bonds is 3. The second-order valence-corrected chi connectivity index (χ2v) is 15.0. The summed E-state index contributed by atoms with van der Waals surface area (Å²) in [5, 5.41) is 0. The fourth-order valence-electron chi connectivity index (χ4n) is 5.03. The predicted octanol–water partition coefficient (Wildman–Crippen LogP) is 9.97. The van der Waals surface area contributed by atoms with Gasteiger partial charge in [0.25, 0.3) is 5.78 Å². The van der Waals surface area contributed by atoms with Crippen LogP contribution in [0.5, 0.6) is 0 Å². The van der Waals surface area contributed by atoms with Gasteiger partial charge >= 0.3 is 6.18 Å². The average Bonchev–Trinajstić information content (AvgIpc) is 2.87. The van der Waals surface area contributed by atoms with Crippen molar-refractivity contribution in [1.29, 1.82) is 0 Å². The fourth-order valence-corrected chi connectivity index (χ4v) is 5.03. The van der Waals surface area contributed by atoms with Crippen LogP contribution >= 0.6 is 0 Å². The molecule has 0 radical (unpaired) electrons. The van der Waals surface area contributed by atoms with E-state index >= 15 is 0 Å². The highest BCUT2D eigenvalue weighted by molar-refractivity contribution is 6.01. The summed E-state index contributed by atoms with van der Waals surface area (Å²) in [4.78, 5) is 15.9. The van der Waals surface area contributed by atoms with E-state index in [0.717, 1.165) is 17.8 Å². The summed E-state index contributed by atoms with van der Waals surface area (Å²) in [6.45, 7) is 22.7. The van der Waals surface area contributed by atoms with Crippen molar-refractivity contribution >= 4 is 17.2 Å². The minimum Gasteiger partial charge on any atom is -0.348 e. The number of anilines is 2. The first kappa shape index (κ1) is 33.5. The van der Waals surface area contributed by atoms with Gasteiger partial charge in [0.15, 0.2) is 0 Å². The molecule has 3 nitrogen and oxygen atoms in total. The number of hydrogen-bond donors (Lipinski definition) is 0. The monoisotopic (exact) mass is 582 g/mol. The molecule has 0 N–H and O–H groups in total. The lowest BCUT2D eigenvalue weighted by atomic mass is 9.77. The highest BCUT2D eigenvalue weighted by atomic mass is 19.4. The molecule has 0 aromatic heterocycles. The van der Waals surface area contributed by atoms with Gasteiger partial charge in [0.05, 0.1) is 0 Å². The van der Waals surface area contributed by atoms with Gasteiger partial charge in [-0.05, 0) is 69.9 Å². The summed E-state index contributed by atoms with van der Waals surface area (Å²) in [6, 6.07) is 16.7. The maximum Gasteiger partial charge on any atom is 0.454 e. The third-order valence-corrected chi connectivity index (χ3v) is 8.33. The van der Waals surface area contributed by atoms with Crippen LogP contribution in [0.2, 0.25) is 0 Å². The van der Waals surface area contributed by atoms with Crippen LogP contribution in [0.25, 0.3) is 0 Å². The number of halogens is 3. The molecule has 0 atom stereocenters. The molecule has 2 aliphatic heterocycles. The number of ketones is 1. The third kappa shape index (κ3) is 8.52. The Morgan fingerprint density at radius 3 is 1.50 bits per heavy atom. The Bertz CT molecular complexity index is 1290. The van der Waals surface area contributed by atoms with Gasteiger partial charge in [0, 0.05) is 42.4 Å². The lowest BCUT2D eigenvalue weighted by Crippen LogP contribution is -2.39. The molecule has 42 heavy (non-hydrogen) atoms. The lowest BCUT2D eigenvalue weighted by Gasteiger charge is -2.37. The summed E-state index contributed by atoms with van der Waals surface area (Å²) < 4.78 is 38.6. The number of hydrogen-bond acceptors (Lipinski definition) is 3. The number of allylic oxidation sites excluding steroid dienone is 2. The molecule has 230 valence electrons. The molecule has 0 aliphatic carbocycles. The number of alkyl halides is 3. The smallest absolute Gasteiger partial charge is 0.348 e. The number of carbonyl (C=O) groups is 1. The molecular weight excluding hydrogens is 533 g/mol. The standard InChI is InChI=1S/C19H24F3NO.C17H25N/c1-17(2,3)13-6-8-14(9-7-13)23-11-10-18(4,5)15(12-23)16(24)19(20,21)22;1-16(2,3)14-6-8-15(9-7-14)18-12-10-17(4,5)11-13-18/h6-9,12H,10-11H2,1-5H3;6-10,12H,11,13H2,1-5H3. The Labute approximate surface area is 251 Å². The summed E-state index contributed by atoms with van der Waals surface area (Å²) in [6.07, 6.45) is 2.77. The highest BCUT2D eigenvalue weighted by Crippen LogP contribution is 2.40. The van der Waals surface area contributed by atoms with Crippen LogP contribution in [0.4, 0.5) is 24.5 Å². The van der Waals surface area contributed by atoms with Gasteiger partial charge in [-0.15, -0.1) is 0 Å². The normalized spacial score (nSPS) is 18.6. The van der Waals surface area contributed by atoms with E-state index in [1.54, 1.807) is 18.7 Å².